The number of aromatic nitrogens is 1. The number of fused-ring (bicyclic) bond motifs is 2. The maximum Gasteiger partial charge on any atom is 0.407 e. The molecule has 3 aromatic carbocycles. The number of carbonyl (C=O) groups excluding carboxylic acids is 1. The Hall–Kier alpha value is -3.63. The van der Waals surface area contributed by atoms with Crippen molar-refractivity contribution in [2.75, 3.05) is 44.7 Å². The number of carbonyl (C=O) groups is 1. The molecule has 0 unspecified atom stereocenters. The van der Waals surface area contributed by atoms with Crippen LogP contribution >= 0.6 is 11.3 Å². The van der Waals surface area contributed by atoms with Gasteiger partial charge in [-0.2, -0.15) is 4.31 Å². The molecule has 0 aliphatic carbocycles. The van der Waals surface area contributed by atoms with Crippen LogP contribution in [0.1, 0.15) is 44.2 Å². The molecular weight excluding hydrogens is 727 g/mol. The van der Waals surface area contributed by atoms with E-state index < -0.39 is 34.4 Å². The third kappa shape index (κ3) is 9.59. The van der Waals surface area contributed by atoms with E-state index in [1.165, 1.54) is 21.2 Å². The third-order valence-corrected chi connectivity index (χ3v) is 13.2. The van der Waals surface area contributed by atoms with E-state index in [0.29, 0.717) is 12.6 Å². The van der Waals surface area contributed by atoms with Gasteiger partial charge >= 0.3 is 6.09 Å². The van der Waals surface area contributed by atoms with E-state index in [0.717, 1.165) is 59.8 Å². The second-order valence-electron chi connectivity index (χ2n) is 15.0. The molecule has 4 heterocycles. The van der Waals surface area contributed by atoms with Gasteiger partial charge < -0.3 is 30.0 Å². The number of thiazole rings is 1. The highest BCUT2D eigenvalue weighted by Crippen LogP contribution is 2.34. The molecule has 290 valence electrons. The van der Waals surface area contributed by atoms with Crippen LogP contribution in [-0.2, 0) is 37.2 Å². The Morgan fingerprint density at radius 1 is 1.00 bits per heavy atom. The van der Waals surface area contributed by atoms with Gasteiger partial charge in [0.1, 0.15) is 6.10 Å². The van der Waals surface area contributed by atoms with Crippen LogP contribution in [0.15, 0.2) is 83.8 Å². The number of piperidine rings is 1. The molecule has 0 bridgehead atoms. The van der Waals surface area contributed by atoms with Gasteiger partial charge in [-0.25, -0.2) is 18.2 Å². The number of anilines is 1. The molecule has 54 heavy (non-hydrogen) atoms. The second kappa shape index (κ2) is 17.4. The molecule has 3 saturated heterocycles. The van der Waals surface area contributed by atoms with Crippen molar-refractivity contribution in [1.29, 1.82) is 0 Å². The summed E-state index contributed by atoms with van der Waals surface area (Å²) in [6.45, 7) is 7.55. The predicted molar refractivity (Wildman–Crippen MR) is 209 cm³/mol. The zero-order valence-electron chi connectivity index (χ0n) is 30.9. The SMILES string of the molecule is CC(C)CN(C[C@@H](O)[C@H](Cc1ccccc1)NC(=O)O[C@H]1CO[C@H]2OCC[C@H]21)S(=O)(=O)c1ccc2nc(NC3CCN(Cc4ccccc4)CC3)sc2c1. The lowest BCUT2D eigenvalue weighted by atomic mass is 10.0. The zero-order valence-corrected chi connectivity index (χ0v) is 32.5. The molecule has 5 atom stereocenters. The number of amides is 1. The lowest BCUT2D eigenvalue weighted by Gasteiger charge is -2.32. The summed E-state index contributed by atoms with van der Waals surface area (Å²) in [5.41, 5.74) is 2.93. The van der Waals surface area contributed by atoms with E-state index in [9.17, 15) is 18.3 Å². The van der Waals surface area contributed by atoms with E-state index in [1.54, 1.807) is 18.2 Å². The number of benzene rings is 3. The Bertz CT molecular complexity index is 1940. The fourth-order valence-corrected chi connectivity index (χ4v) is 10.3. The van der Waals surface area contributed by atoms with Gasteiger partial charge in [-0.3, -0.25) is 4.90 Å². The molecule has 1 amide bonds. The highest BCUT2D eigenvalue weighted by atomic mass is 32.2. The second-order valence-corrected chi connectivity index (χ2v) is 18.0. The molecule has 7 rings (SSSR count). The summed E-state index contributed by atoms with van der Waals surface area (Å²) in [4.78, 5) is 20.6. The number of aliphatic hydroxyl groups is 1. The number of aliphatic hydroxyl groups excluding tert-OH is 1. The normalized spacial score (nSPS) is 22.1. The molecule has 0 radical (unpaired) electrons. The minimum absolute atomic E-state index is 0.0246. The molecule has 12 nitrogen and oxygen atoms in total. The van der Waals surface area contributed by atoms with E-state index >= 15 is 0 Å². The fraction of sp³-hybridized carbons (Fsp3) is 0.500. The molecule has 0 saturated carbocycles. The number of ether oxygens (including phenoxy) is 3. The van der Waals surface area contributed by atoms with Crippen molar-refractivity contribution in [3.8, 4) is 0 Å². The number of alkyl carbamates (subject to hydrolysis) is 1. The molecule has 4 aromatic rings. The Balaban J connectivity index is 1.02. The quantitative estimate of drug-likeness (QED) is 0.142. The van der Waals surface area contributed by atoms with Crippen molar-refractivity contribution in [1.82, 2.24) is 19.5 Å². The van der Waals surface area contributed by atoms with Crippen molar-refractivity contribution in [3.63, 3.8) is 0 Å². The lowest BCUT2D eigenvalue weighted by molar-refractivity contribution is -0.0907. The average molecular weight is 778 g/mol. The molecule has 3 fully saturated rings. The van der Waals surface area contributed by atoms with Crippen LogP contribution in [0.25, 0.3) is 10.2 Å². The Kier molecular flexibility index (Phi) is 12.5. The van der Waals surface area contributed by atoms with Gasteiger partial charge in [-0.1, -0.05) is 85.8 Å². The van der Waals surface area contributed by atoms with Gasteiger partial charge in [-0.05, 0) is 60.9 Å². The van der Waals surface area contributed by atoms with Crippen molar-refractivity contribution >= 4 is 42.8 Å². The summed E-state index contributed by atoms with van der Waals surface area (Å²) in [5.74, 6) is -0.0606. The highest BCUT2D eigenvalue weighted by Gasteiger charge is 2.44. The van der Waals surface area contributed by atoms with Crippen LogP contribution in [-0.4, -0.2) is 104 Å². The molecule has 3 N–H and O–H groups in total. The number of hydrogen-bond acceptors (Lipinski definition) is 11. The Labute approximate surface area is 321 Å². The molecule has 3 aliphatic rings. The van der Waals surface area contributed by atoms with Gasteiger partial charge in [0.15, 0.2) is 11.4 Å². The van der Waals surface area contributed by atoms with Gasteiger partial charge in [-0.15, -0.1) is 0 Å². The van der Waals surface area contributed by atoms with E-state index in [4.69, 9.17) is 19.2 Å². The van der Waals surface area contributed by atoms with Crippen LogP contribution in [0.3, 0.4) is 0 Å². The number of nitrogens with one attached hydrogen (secondary N) is 2. The number of hydrogen-bond donors (Lipinski definition) is 3. The Morgan fingerprint density at radius 2 is 1.72 bits per heavy atom. The first kappa shape index (κ1) is 38.6. The minimum Gasteiger partial charge on any atom is -0.443 e. The van der Waals surface area contributed by atoms with Crippen molar-refractivity contribution in [2.45, 2.75) is 81.6 Å². The number of rotatable bonds is 15. The summed E-state index contributed by atoms with van der Waals surface area (Å²) in [6.07, 6.45) is 0.250. The first-order chi connectivity index (χ1) is 26.1. The molecule has 3 aliphatic heterocycles. The predicted octanol–water partition coefficient (Wildman–Crippen LogP) is 5.48. The standard InChI is InChI=1S/C40H51N5O7S2/c1-27(2)23-45(25-35(46)34(21-28-9-5-3-6-10-28)43-40(47)52-36-26-51-38-32(36)17-20-50-38)54(48,49)31-13-14-33-37(22-31)53-39(42-33)41-30-15-18-44(19-16-30)24-29-11-7-4-8-12-29/h3-14,22,27,30,32,34-36,38,46H,15-21,23-26H2,1-2H3,(H,41,42)(H,43,47)/t32-,34-,35+,36-,38+/m0/s1. The summed E-state index contributed by atoms with van der Waals surface area (Å²) >= 11 is 1.45. The maximum atomic E-state index is 14.3. The topological polar surface area (TPSA) is 143 Å². The van der Waals surface area contributed by atoms with Crippen LogP contribution in [0.2, 0.25) is 0 Å². The van der Waals surface area contributed by atoms with E-state index in [1.807, 2.05) is 50.2 Å². The lowest BCUT2D eigenvalue weighted by Crippen LogP contribution is -2.51. The Morgan fingerprint density at radius 3 is 2.44 bits per heavy atom. The van der Waals surface area contributed by atoms with Crippen molar-refractivity contribution in [3.05, 3.63) is 90.0 Å². The number of nitrogens with zero attached hydrogens (tertiary/aromatic N) is 3. The minimum atomic E-state index is -4.04. The van der Waals surface area contributed by atoms with Crippen LogP contribution in [0.5, 0.6) is 0 Å². The van der Waals surface area contributed by atoms with Gasteiger partial charge in [0.2, 0.25) is 10.0 Å². The van der Waals surface area contributed by atoms with E-state index in [-0.39, 0.29) is 49.1 Å². The van der Waals surface area contributed by atoms with E-state index in [2.05, 4.69) is 39.8 Å². The maximum absolute atomic E-state index is 14.3. The van der Waals surface area contributed by atoms with Crippen LogP contribution < -0.4 is 10.6 Å². The fourth-order valence-electron chi connectivity index (χ4n) is 7.56. The molecular formula is C40H51N5O7S2. The van der Waals surface area contributed by atoms with Crippen LogP contribution in [0, 0.1) is 11.8 Å². The summed E-state index contributed by atoms with van der Waals surface area (Å²) in [7, 11) is -4.04. The molecule has 0 spiro atoms. The summed E-state index contributed by atoms with van der Waals surface area (Å²) < 4.78 is 47.7. The van der Waals surface area contributed by atoms with Crippen molar-refractivity contribution in [2.24, 2.45) is 11.8 Å². The number of sulfonamides is 1. The highest BCUT2D eigenvalue weighted by molar-refractivity contribution is 7.89. The first-order valence-electron chi connectivity index (χ1n) is 19.0. The van der Waals surface area contributed by atoms with Gasteiger partial charge in [0.25, 0.3) is 0 Å². The van der Waals surface area contributed by atoms with Gasteiger partial charge in [0.05, 0.1) is 46.4 Å². The zero-order chi connectivity index (χ0) is 37.7. The summed E-state index contributed by atoms with van der Waals surface area (Å²) in [5, 5.41) is 18.9. The molecule has 14 heteroatoms. The monoisotopic (exact) mass is 777 g/mol. The van der Waals surface area contributed by atoms with Crippen molar-refractivity contribution < 1.29 is 32.5 Å². The van der Waals surface area contributed by atoms with Gasteiger partial charge in [0, 0.05) is 38.8 Å². The molecule has 1 aromatic heterocycles. The largest absolute Gasteiger partial charge is 0.443 e. The van der Waals surface area contributed by atoms with Crippen LogP contribution in [0.4, 0.5) is 9.93 Å². The third-order valence-electron chi connectivity index (χ3n) is 10.4. The average Bonchev–Trinajstić information content (AvgIpc) is 3.89. The smallest absolute Gasteiger partial charge is 0.407 e. The summed E-state index contributed by atoms with van der Waals surface area (Å²) in [6, 6.07) is 24.5. The number of likely N-dealkylation sites (tertiary alicyclic amines) is 1. The first-order valence-corrected chi connectivity index (χ1v) is 21.2.